The molecule has 1 aliphatic heterocycles. The van der Waals surface area contributed by atoms with E-state index in [1.165, 1.54) is 0 Å². The summed E-state index contributed by atoms with van der Waals surface area (Å²) >= 11 is 13.0. The Balaban J connectivity index is 2.07. The molecule has 1 saturated heterocycles. The molecule has 28 heavy (non-hydrogen) atoms. The van der Waals surface area contributed by atoms with Crippen molar-refractivity contribution in [1.82, 2.24) is 4.90 Å². The predicted molar refractivity (Wildman–Crippen MR) is 119 cm³/mol. The monoisotopic (exact) mass is 441 g/mol. The summed E-state index contributed by atoms with van der Waals surface area (Å²) in [6.07, 6.45) is 0. The van der Waals surface area contributed by atoms with Crippen LogP contribution in [0.5, 0.6) is 0 Å². The number of nitrogens with zero attached hydrogens (tertiary/aromatic N) is 2. The summed E-state index contributed by atoms with van der Waals surface area (Å²) < 4.78 is 27.0. The number of likely N-dealkylation sites (N-methyl/N-ethyl adjacent to an activating group) is 1. The number of sulfonamides is 1. The van der Waals surface area contributed by atoms with Crippen molar-refractivity contribution in [3.63, 3.8) is 0 Å². The van der Waals surface area contributed by atoms with Crippen LogP contribution in [0, 0.1) is 0 Å². The highest BCUT2D eigenvalue weighted by Gasteiger charge is 2.21. The fraction of sp³-hybridized carbons (Fsp3) is 0.400. The molecule has 1 aliphatic rings. The van der Waals surface area contributed by atoms with Crippen LogP contribution >= 0.6 is 23.2 Å². The van der Waals surface area contributed by atoms with Crippen molar-refractivity contribution in [3.05, 3.63) is 46.4 Å². The lowest BCUT2D eigenvalue weighted by Crippen LogP contribution is -2.46. The number of hydrogen-bond donors (Lipinski definition) is 1. The van der Waals surface area contributed by atoms with Gasteiger partial charge in [-0.25, -0.2) is 8.42 Å². The molecule has 0 unspecified atom stereocenters. The highest BCUT2D eigenvalue weighted by molar-refractivity contribution is 7.92. The van der Waals surface area contributed by atoms with Crippen molar-refractivity contribution >= 4 is 44.6 Å². The Morgan fingerprint density at radius 2 is 1.68 bits per heavy atom. The fourth-order valence-electron chi connectivity index (χ4n) is 3.30. The average molecular weight is 442 g/mol. The van der Waals surface area contributed by atoms with Crippen LogP contribution in [0.2, 0.25) is 10.0 Å². The molecule has 5 nitrogen and oxygen atoms in total. The minimum atomic E-state index is -3.46. The third-order valence-electron chi connectivity index (χ3n) is 5.05. The van der Waals surface area contributed by atoms with Gasteiger partial charge in [-0.05, 0) is 31.7 Å². The first-order chi connectivity index (χ1) is 13.3. The minimum Gasteiger partial charge on any atom is -0.369 e. The molecule has 2 aromatic carbocycles. The lowest BCUT2D eigenvalue weighted by molar-refractivity contribution is 0.271. The normalized spacial score (nSPS) is 15.6. The standard InChI is InChI=1S/C20H25Cl2N3O2S/c1-3-24-9-11-25(12-10-24)15-13-17(16-7-5-6-8-18(16)21)20(22)19(14-15)23-28(26,27)4-2/h5-8,13-14,23H,3-4,9-12H2,1-2H3. The van der Waals surface area contributed by atoms with Crippen LogP contribution in [-0.4, -0.2) is 51.8 Å². The molecule has 1 heterocycles. The van der Waals surface area contributed by atoms with E-state index >= 15 is 0 Å². The number of anilines is 2. The molecule has 0 saturated carbocycles. The molecule has 2 aromatic rings. The molecule has 0 atom stereocenters. The molecule has 152 valence electrons. The van der Waals surface area contributed by atoms with Gasteiger partial charge in [0.1, 0.15) is 0 Å². The Morgan fingerprint density at radius 3 is 2.29 bits per heavy atom. The summed E-state index contributed by atoms with van der Waals surface area (Å²) in [6.45, 7) is 8.47. The highest BCUT2D eigenvalue weighted by Crippen LogP contribution is 2.41. The van der Waals surface area contributed by atoms with E-state index in [0.29, 0.717) is 15.7 Å². The number of benzene rings is 2. The first-order valence-electron chi connectivity index (χ1n) is 9.41. The SMILES string of the molecule is CCN1CCN(c2cc(NS(=O)(=O)CC)c(Cl)c(-c3ccccc3Cl)c2)CC1. The van der Waals surface area contributed by atoms with Crippen LogP contribution in [0.3, 0.4) is 0 Å². The van der Waals surface area contributed by atoms with Gasteiger partial charge >= 0.3 is 0 Å². The third-order valence-corrected chi connectivity index (χ3v) is 7.08. The van der Waals surface area contributed by atoms with E-state index in [0.717, 1.165) is 49.5 Å². The summed E-state index contributed by atoms with van der Waals surface area (Å²) in [7, 11) is -3.46. The molecular formula is C20H25Cl2N3O2S. The molecular weight excluding hydrogens is 417 g/mol. The van der Waals surface area contributed by atoms with E-state index in [2.05, 4.69) is 21.4 Å². The van der Waals surface area contributed by atoms with Crippen molar-refractivity contribution in [2.45, 2.75) is 13.8 Å². The van der Waals surface area contributed by atoms with Gasteiger partial charge in [-0.3, -0.25) is 4.72 Å². The Hall–Kier alpha value is -1.47. The fourth-order valence-corrected chi connectivity index (χ4v) is 4.50. The molecule has 0 aliphatic carbocycles. The maximum atomic E-state index is 12.2. The van der Waals surface area contributed by atoms with E-state index in [4.69, 9.17) is 23.2 Å². The molecule has 0 aromatic heterocycles. The van der Waals surface area contributed by atoms with Gasteiger partial charge in [-0.2, -0.15) is 0 Å². The van der Waals surface area contributed by atoms with Crippen LogP contribution in [0.4, 0.5) is 11.4 Å². The maximum Gasteiger partial charge on any atom is 0.232 e. The van der Waals surface area contributed by atoms with E-state index in [1.807, 2.05) is 30.3 Å². The van der Waals surface area contributed by atoms with Crippen LogP contribution < -0.4 is 9.62 Å². The van der Waals surface area contributed by atoms with Crippen molar-refractivity contribution in [3.8, 4) is 11.1 Å². The molecule has 8 heteroatoms. The highest BCUT2D eigenvalue weighted by atomic mass is 35.5. The van der Waals surface area contributed by atoms with Crippen molar-refractivity contribution in [2.24, 2.45) is 0 Å². The number of piperazine rings is 1. The van der Waals surface area contributed by atoms with Gasteiger partial charge in [0.15, 0.2) is 0 Å². The molecule has 3 rings (SSSR count). The summed E-state index contributed by atoms with van der Waals surface area (Å²) in [5, 5.41) is 0.919. The Kier molecular flexibility index (Phi) is 6.76. The Morgan fingerprint density at radius 1 is 1.00 bits per heavy atom. The number of nitrogens with one attached hydrogen (secondary N) is 1. The van der Waals surface area contributed by atoms with E-state index < -0.39 is 10.0 Å². The molecule has 0 spiro atoms. The third kappa shape index (κ3) is 4.74. The quantitative estimate of drug-likeness (QED) is 0.713. The summed E-state index contributed by atoms with van der Waals surface area (Å²) in [6, 6.07) is 11.2. The second-order valence-corrected chi connectivity index (χ2v) is 9.56. The van der Waals surface area contributed by atoms with Gasteiger partial charge in [-0.15, -0.1) is 0 Å². The molecule has 0 amide bonds. The minimum absolute atomic E-state index is 0.0237. The van der Waals surface area contributed by atoms with Gasteiger partial charge < -0.3 is 9.80 Å². The zero-order valence-corrected chi connectivity index (χ0v) is 18.4. The number of rotatable bonds is 6. The summed E-state index contributed by atoms with van der Waals surface area (Å²) in [5.41, 5.74) is 2.81. The first-order valence-corrected chi connectivity index (χ1v) is 11.8. The number of hydrogen-bond acceptors (Lipinski definition) is 4. The number of halogens is 2. The van der Waals surface area contributed by atoms with E-state index in [-0.39, 0.29) is 5.75 Å². The first kappa shape index (κ1) is 21.2. The van der Waals surface area contributed by atoms with Gasteiger partial charge in [0, 0.05) is 48.0 Å². The van der Waals surface area contributed by atoms with Gasteiger partial charge in [0.2, 0.25) is 10.0 Å². The summed E-state index contributed by atoms with van der Waals surface area (Å²) in [5.74, 6) is -0.0237. The van der Waals surface area contributed by atoms with Crippen LogP contribution in [-0.2, 0) is 10.0 Å². The Bertz CT molecular complexity index is 942. The van der Waals surface area contributed by atoms with E-state index in [9.17, 15) is 8.42 Å². The average Bonchev–Trinajstić information content (AvgIpc) is 2.70. The lowest BCUT2D eigenvalue weighted by Gasteiger charge is -2.36. The van der Waals surface area contributed by atoms with Gasteiger partial charge in [-0.1, -0.05) is 48.3 Å². The largest absolute Gasteiger partial charge is 0.369 e. The van der Waals surface area contributed by atoms with Gasteiger partial charge in [0.25, 0.3) is 0 Å². The second-order valence-electron chi connectivity index (χ2n) is 6.76. The predicted octanol–water partition coefficient (Wildman–Crippen LogP) is 4.56. The second kappa shape index (κ2) is 8.91. The molecule has 0 radical (unpaired) electrons. The van der Waals surface area contributed by atoms with Crippen LogP contribution in [0.1, 0.15) is 13.8 Å². The molecule has 1 fully saturated rings. The van der Waals surface area contributed by atoms with Crippen molar-refractivity contribution in [2.75, 3.05) is 48.1 Å². The zero-order chi connectivity index (χ0) is 20.3. The lowest BCUT2D eigenvalue weighted by atomic mass is 10.0. The van der Waals surface area contributed by atoms with Crippen molar-refractivity contribution in [1.29, 1.82) is 0 Å². The maximum absolute atomic E-state index is 12.2. The Labute approximate surface area is 177 Å². The molecule has 1 N–H and O–H groups in total. The van der Waals surface area contributed by atoms with Gasteiger partial charge in [0.05, 0.1) is 16.5 Å². The van der Waals surface area contributed by atoms with E-state index in [1.54, 1.807) is 13.0 Å². The topological polar surface area (TPSA) is 52.6 Å². The van der Waals surface area contributed by atoms with Crippen LogP contribution in [0.15, 0.2) is 36.4 Å². The van der Waals surface area contributed by atoms with Crippen LogP contribution in [0.25, 0.3) is 11.1 Å². The molecule has 0 bridgehead atoms. The smallest absolute Gasteiger partial charge is 0.232 e. The zero-order valence-electron chi connectivity index (χ0n) is 16.1. The summed E-state index contributed by atoms with van der Waals surface area (Å²) in [4.78, 5) is 4.65. The van der Waals surface area contributed by atoms with Crippen molar-refractivity contribution < 1.29 is 8.42 Å².